The molecule has 1 aliphatic rings. The second-order valence-corrected chi connectivity index (χ2v) is 9.05. The van der Waals surface area contributed by atoms with Crippen molar-refractivity contribution in [1.82, 2.24) is 9.62 Å². The van der Waals surface area contributed by atoms with E-state index in [0.717, 1.165) is 29.8 Å². The van der Waals surface area contributed by atoms with Gasteiger partial charge in [0.25, 0.3) is 0 Å². The second kappa shape index (κ2) is 6.70. The van der Waals surface area contributed by atoms with Crippen LogP contribution >= 0.6 is 0 Å². The third-order valence-corrected chi connectivity index (χ3v) is 6.50. The topological polar surface area (TPSA) is 62.6 Å². The Morgan fingerprint density at radius 2 is 1.83 bits per heavy atom. The summed E-state index contributed by atoms with van der Waals surface area (Å²) in [5.74, 6) is 0.155. The van der Waals surface area contributed by atoms with Crippen molar-refractivity contribution in [3.63, 3.8) is 0 Å². The summed E-state index contributed by atoms with van der Waals surface area (Å²) in [6, 6.07) is 10.1. The zero-order valence-corrected chi connectivity index (χ0v) is 15.1. The van der Waals surface area contributed by atoms with Gasteiger partial charge in [-0.2, -0.15) is 0 Å². The number of nitrogens with one attached hydrogen (secondary N) is 1. The Kier molecular flexibility index (Phi) is 4.80. The predicted molar refractivity (Wildman–Crippen MR) is 95.4 cm³/mol. The molecule has 1 aromatic heterocycles. The number of benzene rings is 1. The number of hydrogen-bond donors (Lipinski definition) is 1. The molecule has 6 heteroatoms. The maximum atomic E-state index is 12.2. The van der Waals surface area contributed by atoms with Gasteiger partial charge in [0.15, 0.2) is 0 Å². The normalized spacial score (nSPS) is 22.3. The van der Waals surface area contributed by atoms with Crippen LogP contribution in [-0.2, 0) is 10.0 Å². The summed E-state index contributed by atoms with van der Waals surface area (Å²) in [6.07, 6.45) is 3.38. The lowest BCUT2D eigenvalue weighted by Gasteiger charge is -2.21. The Morgan fingerprint density at radius 3 is 2.42 bits per heavy atom. The lowest BCUT2D eigenvalue weighted by atomic mass is 9.93. The summed E-state index contributed by atoms with van der Waals surface area (Å²) in [5.41, 5.74) is 3.29. The number of likely N-dealkylation sites (N-methyl/N-ethyl adjacent to an activating group) is 1. The first-order valence-corrected chi connectivity index (χ1v) is 9.73. The van der Waals surface area contributed by atoms with E-state index in [1.807, 2.05) is 13.1 Å². The molecule has 1 aromatic carbocycles. The maximum Gasteiger partial charge on any atom is 0.214 e. The molecule has 0 bridgehead atoms. The molecule has 2 atom stereocenters. The number of likely N-dealkylation sites (tertiary alicyclic amines) is 1. The molecule has 5 nitrogen and oxygen atoms in total. The molecule has 0 saturated carbocycles. The molecule has 3 rings (SSSR count). The molecule has 0 spiro atoms. The van der Waals surface area contributed by atoms with Crippen LogP contribution in [0.1, 0.15) is 25.3 Å². The minimum atomic E-state index is -3.28. The molecule has 1 N–H and O–H groups in total. The second-order valence-electron chi connectivity index (χ2n) is 6.78. The lowest BCUT2D eigenvalue weighted by molar-refractivity contribution is 0.404. The minimum absolute atomic E-state index is 0.0952. The third kappa shape index (κ3) is 3.55. The Bertz CT molecular complexity index is 767. The van der Waals surface area contributed by atoms with Crippen LogP contribution in [0.25, 0.3) is 11.1 Å². The van der Waals surface area contributed by atoms with Crippen LogP contribution in [-0.4, -0.2) is 44.7 Å². The molecular formula is C18H24N2O3S. The highest BCUT2D eigenvalue weighted by Crippen LogP contribution is 2.29. The molecule has 2 heterocycles. The van der Waals surface area contributed by atoms with E-state index >= 15 is 0 Å². The number of nitrogens with zero attached hydrogens (tertiary/aromatic N) is 1. The lowest BCUT2D eigenvalue weighted by Crippen LogP contribution is -2.42. The molecule has 0 radical (unpaired) electrons. The summed E-state index contributed by atoms with van der Waals surface area (Å²) in [7, 11) is -1.25. The van der Waals surface area contributed by atoms with E-state index < -0.39 is 15.3 Å². The van der Waals surface area contributed by atoms with Crippen LogP contribution in [0.3, 0.4) is 0 Å². The Labute approximate surface area is 143 Å². The molecule has 0 aliphatic carbocycles. The maximum absolute atomic E-state index is 12.2. The zero-order chi connectivity index (χ0) is 17.3. The molecular weight excluding hydrogens is 324 g/mol. The van der Waals surface area contributed by atoms with Gasteiger partial charge in [-0.25, -0.2) is 13.1 Å². The number of furan rings is 1. The molecule has 1 fully saturated rings. The summed E-state index contributed by atoms with van der Waals surface area (Å²) in [6.45, 7) is 4.97. The fraction of sp³-hybridized carbons (Fsp3) is 0.444. The minimum Gasteiger partial charge on any atom is -0.472 e. The SMILES string of the molecule is CC(C)S(=O)(=O)N[C@@H]1CN(C)C[C@H]1c1ccc(-c2ccoc2)cc1. The standard InChI is InChI=1S/C18H24N2O3S/c1-13(2)24(21,22)19-18-11-20(3)10-17(18)15-6-4-14(5-7-15)16-8-9-23-12-16/h4-9,12-13,17-19H,10-11H2,1-3H3/t17-,18+/m0/s1. The Hall–Kier alpha value is -1.63. The zero-order valence-electron chi connectivity index (χ0n) is 14.3. The quantitative estimate of drug-likeness (QED) is 0.902. The molecule has 1 saturated heterocycles. The van der Waals surface area contributed by atoms with Crippen LogP contribution in [0.2, 0.25) is 0 Å². The average Bonchev–Trinajstić information content (AvgIpc) is 3.17. The van der Waals surface area contributed by atoms with Gasteiger partial charge in [0.1, 0.15) is 0 Å². The highest BCUT2D eigenvalue weighted by Gasteiger charge is 2.35. The van der Waals surface area contributed by atoms with Gasteiger partial charge in [-0.05, 0) is 38.1 Å². The molecule has 24 heavy (non-hydrogen) atoms. The van der Waals surface area contributed by atoms with Crippen molar-refractivity contribution in [2.45, 2.75) is 31.1 Å². The van der Waals surface area contributed by atoms with Crippen molar-refractivity contribution in [1.29, 1.82) is 0 Å². The van der Waals surface area contributed by atoms with Crippen LogP contribution in [0.5, 0.6) is 0 Å². The van der Waals surface area contributed by atoms with Crippen molar-refractivity contribution < 1.29 is 12.8 Å². The van der Waals surface area contributed by atoms with Crippen molar-refractivity contribution in [3.8, 4) is 11.1 Å². The van der Waals surface area contributed by atoms with Crippen molar-refractivity contribution in [2.75, 3.05) is 20.1 Å². The van der Waals surface area contributed by atoms with E-state index in [4.69, 9.17) is 4.42 Å². The van der Waals surface area contributed by atoms with Gasteiger partial charge in [-0.15, -0.1) is 0 Å². The van der Waals surface area contributed by atoms with Gasteiger partial charge in [0, 0.05) is 30.6 Å². The summed E-state index contributed by atoms with van der Waals surface area (Å²) in [5, 5.41) is -0.424. The fourth-order valence-corrected chi connectivity index (χ4v) is 4.09. The van der Waals surface area contributed by atoms with E-state index in [1.54, 1.807) is 26.4 Å². The molecule has 0 unspecified atom stereocenters. The summed E-state index contributed by atoms with van der Waals surface area (Å²) < 4.78 is 32.5. The van der Waals surface area contributed by atoms with Gasteiger partial charge in [-0.3, -0.25) is 0 Å². The van der Waals surface area contributed by atoms with Gasteiger partial charge >= 0.3 is 0 Å². The van der Waals surface area contributed by atoms with Gasteiger partial charge < -0.3 is 9.32 Å². The first-order chi connectivity index (χ1) is 11.4. The van der Waals surface area contributed by atoms with Gasteiger partial charge in [0.05, 0.1) is 17.8 Å². The van der Waals surface area contributed by atoms with E-state index in [2.05, 4.69) is 33.9 Å². The smallest absolute Gasteiger partial charge is 0.214 e. The van der Waals surface area contributed by atoms with E-state index in [-0.39, 0.29) is 12.0 Å². The Balaban J connectivity index is 1.81. The predicted octanol–water partition coefficient (Wildman–Crippen LogP) is 2.67. The van der Waals surface area contributed by atoms with Gasteiger partial charge in [0.2, 0.25) is 10.0 Å². The summed E-state index contributed by atoms with van der Waals surface area (Å²) >= 11 is 0. The Morgan fingerprint density at radius 1 is 1.12 bits per heavy atom. The van der Waals surface area contributed by atoms with Crippen LogP contribution in [0.4, 0.5) is 0 Å². The van der Waals surface area contributed by atoms with Crippen LogP contribution in [0, 0.1) is 0 Å². The van der Waals surface area contributed by atoms with Crippen molar-refractivity contribution in [2.24, 2.45) is 0 Å². The largest absolute Gasteiger partial charge is 0.472 e. The molecule has 130 valence electrons. The van der Waals surface area contributed by atoms with Crippen molar-refractivity contribution >= 4 is 10.0 Å². The molecule has 2 aromatic rings. The first kappa shape index (κ1) is 17.2. The van der Waals surface area contributed by atoms with Gasteiger partial charge in [-0.1, -0.05) is 24.3 Å². The third-order valence-electron chi connectivity index (χ3n) is 4.63. The van der Waals surface area contributed by atoms with Crippen LogP contribution in [0.15, 0.2) is 47.3 Å². The number of rotatable bonds is 5. The van der Waals surface area contributed by atoms with E-state index in [1.165, 1.54) is 0 Å². The van der Waals surface area contributed by atoms with Crippen LogP contribution < -0.4 is 4.72 Å². The summed E-state index contributed by atoms with van der Waals surface area (Å²) in [4.78, 5) is 2.17. The molecule has 1 aliphatic heterocycles. The van der Waals surface area contributed by atoms with E-state index in [9.17, 15) is 8.42 Å². The monoisotopic (exact) mass is 348 g/mol. The highest BCUT2D eigenvalue weighted by molar-refractivity contribution is 7.90. The van der Waals surface area contributed by atoms with Crippen molar-refractivity contribution in [3.05, 3.63) is 48.4 Å². The number of hydrogen-bond acceptors (Lipinski definition) is 4. The first-order valence-electron chi connectivity index (χ1n) is 8.19. The fourth-order valence-electron chi connectivity index (χ4n) is 3.16. The van der Waals surface area contributed by atoms with E-state index in [0.29, 0.717) is 0 Å². The average molecular weight is 348 g/mol. The highest BCUT2D eigenvalue weighted by atomic mass is 32.2. The number of sulfonamides is 1. The molecule has 0 amide bonds.